The normalized spacial score (nSPS) is 19.5. The molecule has 0 aliphatic carbocycles. The second-order valence-corrected chi connectivity index (χ2v) is 5.19. The van der Waals surface area contributed by atoms with E-state index < -0.39 is 0 Å². The Bertz CT molecular complexity index is 522. The van der Waals surface area contributed by atoms with Crippen molar-refractivity contribution in [3.05, 3.63) is 54.6 Å². The Labute approximate surface area is 104 Å². The van der Waals surface area contributed by atoms with Gasteiger partial charge in [0.25, 0.3) is 0 Å². The molecule has 1 aliphatic heterocycles. The standard InChI is InChI=1S/C13H12N2OS/c1-10-15(11-5-3-2-4-6-11)9-13(17-10)12-7-8-14-16-12/h2-10H,1H3. The molecule has 1 atom stereocenters. The van der Waals surface area contributed by atoms with Crippen LogP contribution in [0.15, 0.2) is 53.3 Å². The molecule has 1 aliphatic rings. The van der Waals surface area contributed by atoms with Crippen LogP contribution in [0.5, 0.6) is 0 Å². The number of benzene rings is 1. The maximum atomic E-state index is 5.18. The van der Waals surface area contributed by atoms with E-state index >= 15 is 0 Å². The zero-order valence-corrected chi connectivity index (χ0v) is 10.2. The zero-order chi connectivity index (χ0) is 11.7. The lowest BCUT2D eigenvalue weighted by molar-refractivity contribution is 0.412. The van der Waals surface area contributed by atoms with E-state index in [1.54, 1.807) is 18.0 Å². The van der Waals surface area contributed by atoms with Crippen LogP contribution >= 0.6 is 11.8 Å². The summed E-state index contributed by atoms with van der Waals surface area (Å²) in [7, 11) is 0. The van der Waals surface area contributed by atoms with Crippen LogP contribution in [0.1, 0.15) is 12.7 Å². The van der Waals surface area contributed by atoms with Crippen molar-refractivity contribution < 1.29 is 4.52 Å². The molecule has 4 heteroatoms. The summed E-state index contributed by atoms with van der Waals surface area (Å²) >= 11 is 1.78. The van der Waals surface area contributed by atoms with E-state index in [0.29, 0.717) is 5.37 Å². The van der Waals surface area contributed by atoms with Gasteiger partial charge in [-0.25, -0.2) is 0 Å². The van der Waals surface area contributed by atoms with E-state index in [2.05, 4.69) is 35.3 Å². The largest absolute Gasteiger partial charge is 0.356 e. The monoisotopic (exact) mass is 244 g/mol. The molecule has 2 heterocycles. The lowest BCUT2D eigenvalue weighted by atomic mass is 10.3. The number of thioether (sulfide) groups is 1. The molecule has 0 spiro atoms. The third-order valence-electron chi connectivity index (χ3n) is 2.68. The second kappa shape index (κ2) is 4.30. The first-order valence-electron chi connectivity index (χ1n) is 5.47. The molecule has 1 aromatic carbocycles. The highest BCUT2D eigenvalue weighted by Gasteiger charge is 2.24. The van der Waals surface area contributed by atoms with Crippen LogP contribution in [0.25, 0.3) is 4.91 Å². The molecular formula is C13H12N2OS. The Morgan fingerprint density at radius 3 is 2.76 bits per heavy atom. The zero-order valence-electron chi connectivity index (χ0n) is 9.41. The Balaban J connectivity index is 1.92. The molecule has 3 nitrogen and oxygen atoms in total. The minimum Gasteiger partial charge on any atom is -0.356 e. The number of nitrogens with zero attached hydrogens (tertiary/aromatic N) is 2. The Kier molecular flexibility index (Phi) is 2.65. The third kappa shape index (κ3) is 1.96. The first-order chi connectivity index (χ1) is 8.34. The lowest BCUT2D eigenvalue weighted by Crippen LogP contribution is -2.20. The van der Waals surface area contributed by atoms with E-state index in [1.165, 1.54) is 5.69 Å². The van der Waals surface area contributed by atoms with E-state index in [4.69, 9.17) is 4.52 Å². The molecule has 86 valence electrons. The lowest BCUT2D eigenvalue weighted by Gasteiger charge is -2.20. The number of hydrogen-bond donors (Lipinski definition) is 0. The Hall–Kier alpha value is -1.68. The van der Waals surface area contributed by atoms with E-state index in [0.717, 1.165) is 10.7 Å². The molecule has 0 radical (unpaired) electrons. The Morgan fingerprint density at radius 2 is 2.06 bits per heavy atom. The molecule has 0 saturated heterocycles. The predicted molar refractivity (Wildman–Crippen MR) is 70.5 cm³/mol. The summed E-state index contributed by atoms with van der Waals surface area (Å²) in [6, 6.07) is 12.2. The predicted octanol–water partition coefficient (Wildman–Crippen LogP) is 3.57. The number of hydrogen-bond acceptors (Lipinski definition) is 4. The molecule has 0 fully saturated rings. The van der Waals surface area contributed by atoms with Gasteiger partial charge < -0.3 is 9.42 Å². The van der Waals surface area contributed by atoms with Crippen molar-refractivity contribution >= 4 is 22.4 Å². The van der Waals surface area contributed by atoms with Crippen molar-refractivity contribution in [2.75, 3.05) is 4.90 Å². The van der Waals surface area contributed by atoms with Gasteiger partial charge in [-0.15, -0.1) is 0 Å². The first kappa shape index (κ1) is 10.5. The Morgan fingerprint density at radius 1 is 1.24 bits per heavy atom. The fourth-order valence-corrected chi connectivity index (χ4v) is 2.91. The van der Waals surface area contributed by atoms with Gasteiger partial charge in [-0.1, -0.05) is 35.1 Å². The van der Waals surface area contributed by atoms with E-state index in [-0.39, 0.29) is 0 Å². The summed E-state index contributed by atoms with van der Waals surface area (Å²) in [6.07, 6.45) is 3.79. The maximum Gasteiger partial charge on any atom is 0.174 e. The maximum absolute atomic E-state index is 5.18. The van der Waals surface area contributed by atoms with E-state index in [1.807, 2.05) is 24.3 Å². The summed E-state index contributed by atoms with van der Waals surface area (Å²) in [5.41, 5.74) is 1.20. The van der Waals surface area contributed by atoms with Crippen LogP contribution in [-0.2, 0) is 0 Å². The fourth-order valence-electron chi connectivity index (χ4n) is 1.85. The molecule has 1 unspecified atom stereocenters. The quantitative estimate of drug-likeness (QED) is 0.807. The van der Waals surface area contributed by atoms with Crippen molar-refractivity contribution in [1.82, 2.24) is 5.16 Å². The van der Waals surface area contributed by atoms with Gasteiger partial charge in [0, 0.05) is 18.0 Å². The summed E-state index contributed by atoms with van der Waals surface area (Å²) < 4.78 is 5.18. The molecular weight excluding hydrogens is 232 g/mol. The van der Waals surface area contributed by atoms with Gasteiger partial charge in [0.15, 0.2) is 5.76 Å². The van der Waals surface area contributed by atoms with Gasteiger partial charge in [-0.2, -0.15) is 0 Å². The number of para-hydroxylation sites is 1. The molecule has 0 amide bonds. The number of rotatable bonds is 2. The van der Waals surface area contributed by atoms with Crippen molar-refractivity contribution in [1.29, 1.82) is 0 Å². The van der Waals surface area contributed by atoms with Crippen molar-refractivity contribution in [2.24, 2.45) is 0 Å². The molecule has 1 aromatic heterocycles. The average Bonchev–Trinajstić information content (AvgIpc) is 2.99. The van der Waals surface area contributed by atoms with Crippen molar-refractivity contribution in [3.63, 3.8) is 0 Å². The van der Waals surface area contributed by atoms with Gasteiger partial charge in [-0.3, -0.25) is 0 Å². The molecule has 0 N–H and O–H groups in total. The van der Waals surface area contributed by atoms with Crippen LogP contribution in [0.4, 0.5) is 5.69 Å². The number of anilines is 1. The van der Waals surface area contributed by atoms with Gasteiger partial charge in [0.2, 0.25) is 0 Å². The molecule has 0 bridgehead atoms. The topological polar surface area (TPSA) is 29.3 Å². The van der Waals surface area contributed by atoms with Crippen LogP contribution in [0.3, 0.4) is 0 Å². The van der Waals surface area contributed by atoms with Crippen molar-refractivity contribution in [3.8, 4) is 0 Å². The highest BCUT2D eigenvalue weighted by Crippen LogP contribution is 2.41. The highest BCUT2D eigenvalue weighted by atomic mass is 32.2. The van der Waals surface area contributed by atoms with Gasteiger partial charge in [0.05, 0.1) is 16.5 Å². The minimum absolute atomic E-state index is 0.373. The van der Waals surface area contributed by atoms with E-state index in [9.17, 15) is 0 Å². The summed E-state index contributed by atoms with van der Waals surface area (Å²) in [6.45, 7) is 2.18. The molecule has 0 saturated carbocycles. The number of aromatic nitrogens is 1. The molecule has 2 aromatic rings. The smallest absolute Gasteiger partial charge is 0.174 e. The van der Waals surface area contributed by atoms with Gasteiger partial charge in [-0.05, 0) is 19.1 Å². The summed E-state index contributed by atoms with van der Waals surface area (Å²) in [5.74, 6) is 0.834. The third-order valence-corrected chi connectivity index (χ3v) is 3.81. The minimum atomic E-state index is 0.373. The van der Waals surface area contributed by atoms with Crippen LogP contribution < -0.4 is 4.90 Å². The summed E-state index contributed by atoms with van der Waals surface area (Å²) in [5, 5.41) is 4.11. The fraction of sp³-hybridized carbons (Fsp3) is 0.154. The average molecular weight is 244 g/mol. The SMILES string of the molecule is CC1SC(c2ccno2)=CN1c1ccccc1. The van der Waals surface area contributed by atoms with Gasteiger partial charge in [0.1, 0.15) is 0 Å². The van der Waals surface area contributed by atoms with Crippen LogP contribution in [0, 0.1) is 0 Å². The van der Waals surface area contributed by atoms with Crippen LogP contribution in [0.2, 0.25) is 0 Å². The first-order valence-corrected chi connectivity index (χ1v) is 6.35. The van der Waals surface area contributed by atoms with Gasteiger partial charge >= 0.3 is 0 Å². The molecule has 17 heavy (non-hydrogen) atoms. The van der Waals surface area contributed by atoms with Crippen LogP contribution in [-0.4, -0.2) is 10.5 Å². The van der Waals surface area contributed by atoms with Crippen molar-refractivity contribution in [2.45, 2.75) is 12.3 Å². The second-order valence-electron chi connectivity index (χ2n) is 3.83. The highest BCUT2D eigenvalue weighted by molar-refractivity contribution is 8.09. The summed E-state index contributed by atoms with van der Waals surface area (Å²) in [4.78, 5) is 3.36. The molecule has 3 rings (SSSR count).